The highest BCUT2D eigenvalue weighted by atomic mass is 32.2. The van der Waals surface area contributed by atoms with Crippen LogP contribution in [0.5, 0.6) is 0 Å². The summed E-state index contributed by atoms with van der Waals surface area (Å²) in [5.74, 6) is 0. The smallest absolute Gasteiger partial charge is 0.243 e. The molecule has 1 aliphatic heterocycles. The van der Waals surface area contributed by atoms with E-state index in [1.165, 1.54) is 4.31 Å². The van der Waals surface area contributed by atoms with Gasteiger partial charge in [0.2, 0.25) is 10.0 Å². The van der Waals surface area contributed by atoms with Gasteiger partial charge in [-0.1, -0.05) is 32.9 Å². The molecule has 0 aromatic heterocycles. The number of nitrogens with zero attached hydrogens (tertiary/aromatic N) is 1. The molecule has 1 heterocycles. The second-order valence-electron chi connectivity index (χ2n) is 5.75. The van der Waals surface area contributed by atoms with Crippen LogP contribution in [-0.2, 0) is 15.4 Å². The Morgan fingerprint density at radius 3 is 2.06 bits per heavy atom. The fourth-order valence-corrected chi connectivity index (χ4v) is 3.40. The quantitative estimate of drug-likeness (QED) is 0.881. The van der Waals surface area contributed by atoms with Crippen molar-refractivity contribution in [3.05, 3.63) is 29.8 Å². The zero-order valence-corrected chi connectivity index (χ0v) is 11.7. The van der Waals surface area contributed by atoms with Crippen LogP contribution in [0, 0.1) is 0 Å². The molecule has 0 spiro atoms. The first-order valence-electron chi connectivity index (χ1n) is 6.00. The van der Waals surface area contributed by atoms with Crippen molar-refractivity contribution in [2.75, 3.05) is 13.1 Å². The van der Waals surface area contributed by atoms with Gasteiger partial charge < -0.3 is 5.11 Å². The van der Waals surface area contributed by atoms with E-state index in [4.69, 9.17) is 0 Å². The molecule has 1 aliphatic rings. The molecule has 18 heavy (non-hydrogen) atoms. The predicted octanol–water partition coefficient (Wildman–Crippen LogP) is 1.35. The fourth-order valence-electron chi connectivity index (χ4n) is 1.89. The van der Waals surface area contributed by atoms with E-state index in [1.807, 2.05) is 12.1 Å². The standard InChI is InChI=1S/C13H19NO3S/c1-13(2,3)10-4-6-12(7-5-10)18(16,17)14-8-11(15)9-14/h4-7,11,15H,8-9H2,1-3H3. The summed E-state index contributed by atoms with van der Waals surface area (Å²) in [4.78, 5) is 0.294. The lowest BCUT2D eigenvalue weighted by Crippen LogP contribution is -2.53. The third-order valence-corrected chi connectivity index (χ3v) is 5.03. The monoisotopic (exact) mass is 269 g/mol. The molecular formula is C13H19NO3S. The molecule has 1 fully saturated rings. The second kappa shape index (κ2) is 4.33. The van der Waals surface area contributed by atoms with Crippen molar-refractivity contribution in [3.8, 4) is 0 Å². The third-order valence-electron chi connectivity index (χ3n) is 3.19. The highest BCUT2D eigenvalue weighted by molar-refractivity contribution is 7.89. The van der Waals surface area contributed by atoms with Crippen molar-refractivity contribution in [1.29, 1.82) is 0 Å². The summed E-state index contributed by atoms with van der Waals surface area (Å²) in [6, 6.07) is 6.98. The maximum atomic E-state index is 12.1. The largest absolute Gasteiger partial charge is 0.390 e. The average molecular weight is 269 g/mol. The molecule has 2 rings (SSSR count). The Hall–Kier alpha value is -0.910. The van der Waals surface area contributed by atoms with Crippen molar-refractivity contribution in [3.63, 3.8) is 0 Å². The molecule has 0 atom stereocenters. The van der Waals surface area contributed by atoms with Gasteiger partial charge in [0.05, 0.1) is 11.0 Å². The van der Waals surface area contributed by atoms with Gasteiger partial charge in [0.15, 0.2) is 0 Å². The molecule has 0 saturated carbocycles. The number of β-amino-alcohol motifs (C(OH)–C–C–N with tert-alkyl or cyclic N) is 1. The van der Waals surface area contributed by atoms with E-state index in [-0.39, 0.29) is 18.5 Å². The first-order valence-corrected chi connectivity index (χ1v) is 7.44. The van der Waals surface area contributed by atoms with E-state index in [0.29, 0.717) is 4.90 Å². The van der Waals surface area contributed by atoms with E-state index in [9.17, 15) is 13.5 Å². The van der Waals surface area contributed by atoms with E-state index < -0.39 is 16.1 Å². The van der Waals surface area contributed by atoms with Gasteiger partial charge in [-0.15, -0.1) is 0 Å². The van der Waals surface area contributed by atoms with Crippen molar-refractivity contribution in [2.24, 2.45) is 0 Å². The molecule has 4 nitrogen and oxygen atoms in total. The van der Waals surface area contributed by atoms with Crippen LogP contribution in [0.2, 0.25) is 0 Å². The molecule has 0 amide bonds. The summed E-state index contributed by atoms with van der Waals surface area (Å²) in [5.41, 5.74) is 1.11. The lowest BCUT2D eigenvalue weighted by molar-refractivity contribution is 0.0548. The van der Waals surface area contributed by atoms with Crippen LogP contribution >= 0.6 is 0 Å². The second-order valence-corrected chi connectivity index (χ2v) is 7.69. The molecule has 0 bridgehead atoms. The minimum absolute atomic E-state index is 0.00917. The van der Waals surface area contributed by atoms with Gasteiger partial charge in [0, 0.05) is 13.1 Å². The number of aliphatic hydroxyl groups is 1. The van der Waals surface area contributed by atoms with Crippen LogP contribution in [0.1, 0.15) is 26.3 Å². The molecule has 0 aliphatic carbocycles. The van der Waals surface area contributed by atoms with Gasteiger partial charge in [-0.25, -0.2) is 8.42 Å². The SMILES string of the molecule is CC(C)(C)c1ccc(S(=O)(=O)N2CC(O)C2)cc1. The minimum Gasteiger partial charge on any atom is -0.390 e. The molecule has 1 saturated heterocycles. The Balaban J connectivity index is 2.25. The Morgan fingerprint density at radius 1 is 1.17 bits per heavy atom. The number of hydrogen-bond acceptors (Lipinski definition) is 3. The van der Waals surface area contributed by atoms with Crippen LogP contribution < -0.4 is 0 Å². The highest BCUT2D eigenvalue weighted by Gasteiger charge is 2.35. The summed E-state index contributed by atoms with van der Waals surface area (Å²) in [5, 5.41) is 9.17. The number of rotatable bonds is 2. The molecule has 5 heteroatoms. The molecule has 0 radical (unpaired) electrons. The Bertz CT molecular complexity index is 522. The molecule has 1 aromatic carbocycles. The van der Waals surface area contributed by atoms with Crippen LogP contribution in [0.3, 0.4) is 0 Å². The molecule has 0 unspecified atom stereocenters. The Labute approximate surface area is 108 Å². The van der Waals surface area contributed by atoms with Crippen LogP contribution in [-0.4, -0.2) is 37.0 Å². The summed E-state index contributed by atoms with van der Waals surface area (Å²) >= 11 is 0. The van der Waals surface area contributed by atoms with Crippen LogP contribution in [0.4, 0.5) is 0 Å². The highest BCUT2D eigenvalue weighted by Crippen LogP contribution is 2.26. The van der Waals surface area contributed by atoms with Crippen molar-refractivity contribution >= 4 is 10.0 Å². The first-order chi connectivity index (χ1) is 8.21. The van der Waals surface area contributed by atoms with Crippen LogP contribution in [0.15, 0.2) is 29.2 Å². The van der Waals surface area contributed by atoms with Gasteiger partial charge in [-0.3, -0.25) is 0 Å². The summed E-state index contributed by atoms with van der Waals surface area (Å²) in [6.07, 6.45) is -0.520. The normalized spacial score (nSPS) is 18.7. The Kier molecular flexibility index (Phi) is 3.25. The lowest BCUT2D eigenvalue weighted by atomic mass is 9.87. The number of hydrogen-bond donors (Lipinski definition) is 1. The van der Waals surface area contributed by atoms with E-state index in [1.54, 1.807) is 12.1 Å². The van der Waals surface area contributed by atoms with Crippen molar-refractivity contribution < 1.29 is 13.5 Å². The summed E-state index contributed by atoms with van der Waals surface area (Å²) in [7, 11) is -3.42. The average Bonchev–Trinajstić information content (AvgIpc) is 2.24. The van der Waals surface area contributed by atoms with Crippen molar-refractivity contribution in [1.82, 2.24) is 4.31 Å². The maximum Gasteiger partial charge on any atom is 0.243 e. The van der Waals surface area contributed by atoms with E-state index in [0.717, 1.165) is 5.56 Å². The molecule has 100 valence electrons. The zero-order chi connectivity index (χ0) is 13.6. The van der Waals surface area contributed by atoms with Gasteiger partial charge in [-0.2, -0.15) is 4.31 Å². The van der Waals surface area contributed by atoms with Crippen LogP contribution in [0.25, 0.3) is 0 Å². The number of aliphatic hydroxyl groups excluding tert-OH is 1. The maximum absolute atomic E-state index is 12.1. The predicted molar refractivity (Wildman–Crippen MR) is 69.9 cm³/mol. The minimum atomic E-state index is -3.42. The van der Waals surface area contributed by atoms with Gasteiger partial charge in [0.25, 0.3) is 0 Å². The van der Waals surface area contributed by atoms with Gasteiger partial charge >= 0.3 is 0 Å². The molecular weight excluding hydrogens is 250 g/mol. The molecule has 1 N–H and O–H groups in total. The number of sulfonamides is 1. The van der Waals surface area contributed by atoms with E-state index in [2.05, 4.69) is 20.8 Å². The Morgan fingerprint density at radius 2 is 1.67 bits per heavy atom. The summed E-state index contributed by atoms with van der Waals surface area (Å²) in [6.45, 7) is 6.65. The zero-order valence-electron chi connectivity index (χ0n) is 10.9. The van der Waals surface area contributed by atoms with E-state index >= 15 is 0 Å². The van der Waals surface area contributed by atoms with Crippen molar-refractivity contribution in [2.45, 2.75) is 37.2 Å². The number of benzene rings is 1. The van der Waals surface area contributed by atoms with Gasteiger partial charge in [-0.05, 0) is 23.1 Å². The lowest BCUT2D eigenvalue weighted by Gasteiger charge is -2.34. The van der Waals surface area contributed by atoms with Gasteiger partial charge in [0.1, 0.15) is 0 Å². The topological polar surface area (TPSA) is 57.6 Å². The first kappa shape index (κ1) is 13.5. The summed E-state index contributed by atoms with van der Waals surface area (Å²) < 4.78 is 25.6. The third kappa shape index (κ3) is 2.43. The molecule has 1 aromatic rings. The fraction of sp³-hybridized carbons (Fsp3) is 0.538.